The van der Waals surface area contributed by atoms with Gasteiger partial charge in [0.15, 0.2) is 0 Å². The zero-order valence-electron chi connectivity index (χ0n) is 12.0. The third-order valence-corrected chi connectivity index (χ3v) is 4.26. The van der Waals surface area contributed by atoms with Crippen LogP contribution in [-0.4, -0.2) is 26.0 Å². The number of carbonyl (C=O) groups is 1. The maximum absolute atomic E-state index is 12.2. The molecule has 0 fully saturated rings. The maximum Gasteiger partial charge on any atom is 0.338 e. The minimum Gasteiger partial charge on any atom is -0.462 e. The molecule has 0 aliphatic heterocycles. The van der Waals surface area contributed by atoms with Crippen molar-refractivity contribution in [1.29, 1.82) is 0 Å². The number of sulfonamides is 1. The largest absolute Gasteiger partial charge is 0.462 e. The Kier molecular flexibility index (Phi) is 5.24. The van der Waals surface area contributed by atoms with Crippen LogP contribution in [0.1, 0.15) is 23.0 Å². The number of nitrogens with zero attached hydrogens (tertiary/aromatic N) is 1. The van der Waals surface area contributed by atoms with Gasteiger partial charge < -0.3 is 4.74 Å². The first kappa shape index (κ1) is 16.1. The average molecular weight is 320 g/mol. The Morgan fingerprint density at radius 2 is 1.91 bits per heavy atom. The molecule has 1 heterocycles. The average Bonchev–Trinajstić information content (AvgIpc) is 2.54. The van der Waals surface area contributed by atoms with E-state index in [2.05, 4.69) is 9.71 Å². The molecule has 1 aromatic heterocycles. The molecule has 0 amide bonds. The van der Waals surface area contributed by atoms with Gasteiger partial charge in [-0.15, -0.1) is 0 Å². The molecule has 1 aromatic carbocycles. The molecule has 116 valence electrons. The third kappa shape index (κ3) is 4.12. The van der Waals surface area contributed by atoms with Crippen LogP contribution in [0, 0.1) is 0 Å². The number of carbonyl (C=O) groups excluding carboxylic acids is 1. The van der Waals surface area contributed by atoms with Gasteiger partial charge in [-0.1, -0.05) is 6.07 Å². The quantitative estimate of drug-likeness (QED) is 0.819. The van der Waals surface area contributed by atoms with Crippen molar-refractivity contribution in [1.82, 2.24) is 9.71 Å². The lowest BCUT2D eigenvalue weighted by atomic mass is 10.2. The molecule has 0 saturated carbocycles. The number of pyridine rings is 1. The molecule has 22 heavy (non-hydrogen) atoms. The molecule has 2 aromatic rings. The summed E-state index contributed by atoms with van der Waals surface area (Å²) in [5.41, 5.74) is 0.930. The molecule has 0 bridgehead atoms. The van der Waals surface area contributed by atoms with Crippen LogP contribution < -0.4 is 4.72 Å². The third-order valence-electron chi connectivity index (χ3n) is 2.85. The van der Waals surface area contributed by atoms with Gasteiger partial charge >= 0.3 is 5.97 Å². The van der Waals surface area contributed by atoms with Crippen LogP contribution in [0.2, 0.25) is 0 Å². The first-order valence-electron chi connectivity index (χ1n) is 6.69. The van der Waals surface area contributed by atoms with E-state index in [9.17, 15) is 13.2 Å². The van der Waals surface area contributed by atoms with Crippen molar-refractivity contribution in [3.05, 3.63) is 59.9 Å². The van der Waals surface area contributed by atoms with E-state index in [0.29, 0.717) is 11.3 Å². The fraction of sp³-hybridized carbons (Fsp3) is 0.200. The maximum atomic E-state index is 12.2. The van der Waals surface area contributed by atoms with Gasteiger partial charge in [-0.2, -0.15) is 0 Å². The molecule has 0 spiro atoms. The zero-order chi connectivity index (χ0) is 16.0. The Morgan fingerprint density at radius 1 is 1.18 bits per heavy atom. The molecular formula is C15H16N2O4S. The standard InChI is InChI=1S/C15H16N2O4S/c1-2-21-15(18)12-6-8-14(9-7-12)22(19,20)17-11-13-5-3-4-10-16-13/h3-10,17H,2,11H2,1H3. The summed E-state index contributed by atoms with van der Waals surface area (Å²) in [6, 6.07) is 10.9. The summed E-state index contributed by atoms with van der Waals surface area (Å²) in [7, 11) is -3.66. The SMILES string of the molecule is CCOC(=O)c1ccc(S(=O)(=O)NCc2ccccn2)cc1. The predicted molar refractivity (Wildman–Crippen MR) is 80.7 cm³/mol. The number of nitrogens with one attached hydrogen (secondary N) is 1. The van der Waals surface area contributed by atoms with Crippen molar-refractivity contribution >= 4 is 16.0 Å². The molecule has 6 nitrogen and oxygen atoms in total. The summed E-state index contributed by atoms with van der Waals surface area (Å²) >= 11 is 0. The van der Waals surface area contributed by atoms with Crippen LogP contribution in [0.25, 0.3) is 0 Å². The van der Waals surface area contributed by atoms with Gasteiger partial charge in [0.2, 0.25) is 10.0 Å². The Balaban J connectivity index is 2.08. The zero-order valence-corrected chi connectivity index (χ0v) is 12.8. The molecule has 0 radical (unpaired) electrons. The fourth-order valence-corrected chi connectivity index (χ4v) is 2.74. The lowest BCUT2D eigenvalue weighted by Gasteiger charge is -2.07. The lowest BCUT2D eigenvalue weighted by molar-refractivity contribution is 0.0526. The van der Waals surface area contributed by atoms with Crippen molar-refractivity contribution in [2.75, 3.05) is 6.61 Å². The molecule has 0 unspecified atom stereocenters. The van der Waals surface area contributed by atoms with Crippen LogP contribution in [0.15, 0.2) is 53.6 Å². The summed E-state index contributed by atoms with van der Waals surface area (Å²) < 4.78 is 31.6. The molecule has 7 heteroatoms. The minimum absolute atomic E-state index is 0.0801. The van der Waals surface area contributed by atoms with Gasteiger partial charge in [-0.3, -0.25) is 4.98 Å². The Hall–Kier alpha value is -2.25. The van der Waals surface area contributed by atoms with E-state index in [1.165, 1.54) is 24.3 Å². The van der Waals surface area contributed by atoms with Crippen molar-refractivity contribution in [3.8, 4) is 0 Å². The van der Waals surface area contributed by atoms with Crippen molar-refractivity contribution < 1.29 is 17.9 Å². The second-order valence-corrected chi connectivity index (χ2v) is 6.16. The van der Waals surface area contributed by atoms with Gasteiger partial charge in [-0.05, 0) is 43.3 Å². The summed E-state index contributed by atoms with van der Waals surface area (Å²) in [4.78, 5) is 15.6. The first-order chi connectivity index (χ1) is 10.5. The van der Waals surface area contributed by atoms with E-state index in [1.54, 1.807) is 31.3 Å². The Labute approximate surface area is 129 Å². The minimum atomic E-state index is -3.66. The van der Waals surface area contributed by atoms with Gasteiger partial charge in [0.1, 0.15) is 0 Å². The van der Waals surface area contributed by atoms with E-state index >= 15 is 0 Å². The number of ether oxygens (including phenoxy) is 1. The predicted octanol–water partition coefficient (Wildman–Crippen LogP) is 1.74. The van der Waals surface area contributed by atoms with Gasteiger partial charge in [-0.25, -0.2) is 17.9 Å². The van der Waals surface area contributed by atoms with E-state index in [1.807, 2.05) is 0 Å². The fourth-order valence-electron chi connectivity index (χ4n) is 1.74. The summed E-state index contributed by atoms with van der Waals surface area (Å²) in [6.45, 7) is 2.07. The number of benzene rings is 1. The number of aromatic nitrogens is 1. The normalized spacial score (nSPS) is 11.1. The molecule has 2 rings (SSSR count). The van der Waals surface area contributed by atoms with E-state index in [-0.39, 0.29) is 18.0 Å². The highest BCUT2D eigenvalue weighted by molar-refractivity contribution is 7.89. The monoisotopic (exact) mass is 320 g/mol. The first-order valence-corrected chi connectivity index (χ1v) is 8.18. The second kappa shape index (κ2) is 7.15. The Morgan fingerprint density at radius 3 is 2.50 bits per heavy atom. The van der Waals surface area contributed by atoms with Crippen molar-refractivity contribution in [2.45, 2.75) is 18.4 Å². The van der Waals surface area contributed by atoms with Gasteiger partial charge in [0.05, 0.1) is 29.3 Å². The summed E-state index contributed by atoms with van der Waals surface area (Å²) in [6.07, 6.45) is 1.60. The number of hydrogen-bond acceptors (Lipinski definition) is 5. The second-order valence-electron chi connectivity index (χ2n) is 4.39. The molecular weight excluding hydrogens is 304 g/mol. The summed E-state index contributed by atoms with van der Waals surface area (Å²) in [5.74, 6) is -0.479. The molecule has 0 aliphatic carbocycles. The van der Waals surface area contributed by atoms with E-state index in [0.717, 1.165) is 0 Å². The van der Waals surface area contributed by atoms with Crippen LogP contribution in [0.4, 0.5) is 0 Å². The smallest absolute Gasteiger partial charge is 0.338 e. The summed E-state index contributed by atoms with van der Waals surface area (Å²) in [5, 5.41) is 0. The van der Waals surface area contributed by atoms with Crippen LogP contribution in [0.3, 0.4) is 0 Å². The molecule has 0 aliphatic rings. The highest BCUT2D eigenvalue weighted by Crippen LogP contribution is 2.12. The topological polar surface area (TPSA) is 85.4 Å². The van der Waals surface area contributed by atoms with Crippen molar-refractivity contribution in [3.63, 3.8) is 0 Å². The lowest BCUT2D eigenvalue weighted by Crippen LogP contribution is -2.23. The van der Waals surface area contributed by atoms with Crippen LogP contribution >= 0.6 is 0 Å². The van der Waals surface area contributed by atoms with E-state index in [4.69, 9.17) is 4.74 Å². The van der Waals surface area contributed by atoms with E-state index < -0.39 is 16.0 Å². The van der Waals surface area contributed by atoms with Gasteiger partial charge in [0, 0.05) is 6.20 Å². The number of esters is 1. The Bertz CT molecular complexity index is 728. The number of rotatable bonds is 6. The van der Waals surface area contributed by atoms with Crippen molar-refractivity contribution in [2.24, 2.45) is 0 Å². The van der Waals surface area contributed by atoms with Gasteiger partial charge in [0.25, 0.3) is 0 Å². The highest BCUT2D eigenvalue weighted by atomic mass is 32.2. The number of hydrogen-bond donors (Lipinski definition) is 1. The van der Waals surface area contributed by atoms with Crippen LogP contribution in [-0.2, 0) is 21.3 Å². The molecule has 1 N–H and O–H groups in total. The molecule has 0 atom stereocenters. The van der Waals surface area contributed by atoms with Crippen LogP contribution in [0.5, 0.6) is 0 Å². The molecule has 0 saturated heterocycles. The highest BCUT2D eigenvalue weighted by Gasteiger charge is 2.15.